The van der Waals surface area contributed by atoms with Crippen LogP contribution >= 0.6 is 0 Å². The van der Waals surface area contributed by atoms with Gasteiger partial charge in [-0.1, -0.05) is 6.92 Å². The zero-order valence-corrected chi connectivity index (χ0v) is 14.9. The summed E-state index contributed by atoms with van der Waals surface area (Å²) in [4.78, 5) is 16.3. The summed E-state index contributed by atoms with van der Waals surface area (Å²) in [7, 11) is 1.62. The number of benzene rings is 1. The zero-order valence-electron chi connectivity index (χ0n) is 14.9. The van der Waals surface area contributed by atoms with Gasteiger partial charge in [-0.05, 0) is 49.7 Å². The second kappa shape index (κ2) is 9.52. The normalized spacial score (nSPS) is 11.5. The lowest BCUT2D eigenvalue weighted by Crippen LogP contribution is -2.28. The van der Waals surface area contributed by atoms with Crippen molar-refractivity contribution in [2.75, 3.05) is 25.6 Å². The number of aromatic nitrogens is 1. The van der Waals surface area contributed by atoms with Crippen LogP contribution in [-0.4, -0.2) is 37.2 Å². The third-order valence-corrected chi connectivity index (χ3v) is 3.74. The number of ether oxygens (including phenoxy) is 2. The molecule has 0 radical (unpaired) electrons. The Morgan fingerprint density at radius 3 is 2.48 bits per heavy atom. The number of nitrogens with zero attached hydrogens (tertiary/aromatic N) is 1. The molecular formula is C19H25N3O3. The molecular weight excluding hydrogens is 318 g/mol. The molecule has 0 spiro atoms. The molecule has 1 atom stereocenters. The molecule has 0 fully saturated rings. The highest BCUT2D eigenvalue weighted by atomic mass is 16.5. The van der Waals surface area contributed by atoms with Crippen molar-refractivity contribution in [3.8, 4) is 11.5 Å². The van der Waals surface area contributed by atoms with Crippen LogP contribution in [0.5, 0.6) is 11.5 Å². The van der Waals surface area contributed by atoms with Gasteiger partial charge in [0.15, 0.2) is 0 Å². The number of hydrogen-bond acceptors (Lipinski definition) is 5. The number of amides is 1. The largest absolute Gasteiger partial charge is 0.497 e. The standard InChI is InChI=1S/C19H25N3O3/c1-4-14(2)22-15-5-10-18(21-13-15)19(23)20-11-12-25-17-8-6-16(24-3)7-9-17/h5-10,13-14,22H,4,11-12H2,1-3H3,(H,20,23). The Morgan fingerprint density at radius 1 is 1.16 bits per heavy atom. The first-order chi connectivity index (χ1) is 12.1. The third kappa shape index (κ3) is 5.99. The molecule has 2 N–H and O–H groups in total. The van der Waals surface area contributed by atoms with Gasteiger partial charge in [0.25, 0.3) is 5.91 Å². The van der Waals surface area contributed by atoms with Crippen molar-refractivity contribution in [1.29, 1.82) is 0 Å². The van der Waals surface area contributed by atoms with Gasteiger partial charge >= 0.3 is 0 Å². The maximum atomic E-state index is 12.1. The number of pyridine rings is 1. The van der Waals surface area contributed by atoms with E-state index in [1.165, 1.54) is 0 Å². The number of carbonyl (C=O) groups is 1. The van der Waals surface area contributed by atoms with Crippen LogP contribution in [0.3, 0.4) is 0 Å². The van der Waals surface area contributed by atoms with Gasteiger partial charge in [0.2, 0.25) is 0 Å². The summed E-state index contributed by atoms with van der Waals surface area (Å²) in [6, 6.07) is 11.2. The van der Waals surface area contributed by atoms with E-state index in [0.29, 0.717) is 24.9 Å². The van der Waals surface area contributed by atoms with E-state index in [9.17, 15) is 4.79 Å². The van der Waals surface area contributed by atoms with Crippen LogP contribution in [-0.2, 0) is 0 Å². The second-order valence-corrected chi connectivity index (χ2v) is 5.67. The maximum Gasteiger partial charge on any atom is 0.269 e. The number of anilines is 1. The summed E-state index contributed by atoms with van der Waals surface area (Å²) in [6.07, 6.45) is 2.70. The number of nitrogens with one attached hydrogen (secondary N) is 2. The molecule has 0 aliphatic heterocycles. The van der Waals surface area contributed by atoms with Crippen molar-refractivity contribution in [2.45, 2.75) is 26.3 Å². The summed E-state index contributed by atoms with van der Waals surface area (Å²) in [5.74, 6) is 1.29. The predicted molar refractivity (Wildman–Crippen MR) is 98.4 cm³/mol. The molecule has 1 heterocycles. The molecule has 2 rings (SSSR count). The lowest BCUT2D eigenvalue weighted by atomic mass is 10.2. The highest BCUT2D eigenvalue weighted by molar-refractivity contribution is 5.92. The van der Waals surface area contributed by atoms with Gasteiger partial charge in [0.05, 0.1) is 25.5 Å². The fraction of sp³-hybridized carbons (Fsp3) is 0.368. The number of carbonyl (C=O) groups excluding carboxylic acids is 1. The van der Waals surface area contributed by atoms with Crippen LogP contribution in [0.4, 0.5) is 5.69 Å². The van der Waals surface area contributed by atoms with E-state index in [0.717, 1.165) is 23.6 Å². The van der Waals surface area contributed by atoms with Crippen LogP contribution < -0.4 is 20.1 Å². The maximum absolute atomic E-state index is 12.1. The minimum atomic E-state index is -0.214. The Kier molecular flexibility index (Phi) is 7.07. The van der Waals surface area contributed by atoms with Gasteiger partial charge in [0.1, 0.15) is 23.8 Å². The summed E-state index contributed by atoms with van der Waals surface area (Å²) in [6.45, 7) is 5.00. The zero-order chi connectivity index (χ0) is 18.1. The van der Waals surface area contributed by atoms with E-state index in [1.54, 1.807) is 19.4 Å². The average Bonchev–Trinajstić information content (AvgIpc) is 2.66. The van der Waals surface area contributed by atoms with Gasteiger partial charge in [-0.2, -0.15) is 0 Å². The molecule has 1 aromatic carbocycles. The highest BCUT2D eigenvalue weighted by Crippen LogP contribution is 2.16. The quantitative estimate of drug-likeness (QED) is 0.685. The van der Waals surface area contributed by atoms with E-state index >= 15 is 0 Å². The molecule has 0 bridgehead atoms. The monoisotopic (exact) mass is 343 g/mol. The van der Waals surface area contributed by atoms with Gasteiger partial charge in [-0.25, -0.2) is 4.98 Å². The van der Waals surface area contributed by atoms with Crippen molar-refractivity contribution >= 4 is 11.6 Å². The van der Waals surface area contributed by atoms with Crippen molar-refractivity contribution in [3.05, 3.63) is 48.3 Å². The van der Waals surface area contributed by atoms with Crippen LogP contribution in [0, 0.1) is 0 Å². The fourth-order valence-electron chi connectivity index (χ4n) is 2.10. The van der Waals surface area contributed by atoms with Gasteiger partial charge in [0, 0.05) is 6.04 Å². The number of rotatable bonds is 9. The fourth-order valence-corrected chi connectivity index (χ4v) is 2.10. The summed E-state index contributed by atoms with van der Waals surface area (Å²) >= 11 is 0. The highest BCUT2D eigenvalue weighted by Gasteiger charge is 2.07. The van der Waals surface area contributed by atoms with Crippen LogP contribution in [0.2, 0.25) is 0 Å². The molecule has 0 saturated carbocycles. The Balaban J connectivity index is 1.74. The molecule has 134 valence electrons. The molecule has 0 saturated heterocycles. The first-order valence-electron chi connectivity index (χ1n) is 8.40. The summed E-state index contributed by atoms with van der Waals surface area (Å²) in [5, 5.41) is 6.10. The molecule has 25 heavy (non-hydrogen) atoms. The average molecular weight is 343 g/mol. The van der Waals surface area contributed by atoms with Crippen molar-refractivity contribution in [1.82, 2.24) is 10.3 Å². The first-order valence-corrected chi connectivity index (χ1v) is 8.40. The van der Waals surface area contributed by atoms with Gasteiger partial charge in [-0.15, -0.1) is 0 Å². The van der Waals surface area contributed by atoms with E-state index in [2.05, 4.69) is 29.5 Å². The Hall–Kier alpha value is -2.76. The van der Waals surface area contributed by atoms with Gasteiger partial charge < -0.3 is 20.1 Å². The van der Waals surface area contributed by atoms with E-state index in [-0.39, 0.29) is 5.91 Å². The molecule has 1 amide bonds. The lowest BCUT2D eigenvalue weighted by molar-refractivity contribution is 0.0942. The Labute approximate surface area is 148 Å². The summed E-state index contributed by atoms with van der Waals surface area (Å²) in [5.41, 5.74) is 1.30. The minimum absolute atomic E-state index is 0.214. The number of hydrogen-bond donors (Lipinski definition) is 2. The molecule has 1 unspecified atom stereocenters. The van der Waals surface area contributed by atoms with E-state index in [1.807, 2.05) is 30.3 Å². The van der Waals surface area contributed by atoms with Gasteiger partial charge in [-0.3, -0.25) is 4.79 Å². The lowest BCUT2D eigenvalue weighted by Gasteiger charge is -2.12. The Bertz CT molecular complexity index is 657. The minimum Gasteiger partial charge on any atom is -0.497 e. The molecule has 2 aromatic rings. The molecule has 6 heteroatoms. The van der Waals surface area contributed by atoms with Crippen molar-refractivity contribution < 1.29 is 14.3 Å². The topological polar surface area (TPSA) is 72.5 Å². The van der Waals surface area contributed by atoms with Crippen molar-refractivity contribution in [3.63, 3.8) is 0 Å². The van der Waals surface area contributed by atoms with E-state index < -0.39 is 0 Å². The van der Waals surface area contributed by atoms with Crippen LogP contribution in [0.1, 0.15) is 30.8 Å². The Morgan fingerprint density at radius 2 is 1.88 bits per heavy atom. The molecule has 1 aromatic heterocycles. The smallest absolute Gasteiger partial charge is 0.269 e. The third-order valence-electron chi connectivity index (χ3n) is 3.74. The summed E-state index contributed by atoms with van der Waals surface area (Å²) < 4.78 is 10.7. The predicted octanol–water partition coefficient (Wildman–Crippen LogP) is 3.11. The van der Waals surface area contributed by atoms with E-state index in [4.69, 9.17) is 9.47 Å². The molecule has 0 aliphatic rings. The molecule has 0 aliphatic carbocycles. The first kappa shape index (κ1) is 18.6. The van der Waals surface area contributed by atoms with Crippen LogP contribution in [0.15, 0.2) is 42.6 Å². The second-order valence-electron chi connectivity index (χ2n) is 5.67. The SMILES string of the molecule is CCC(C)Nc1ccc(C(=O)NCCOc2ccc(OC)cc2)nc1. The van der Waals surface area contributed by atoms with Crippen molar-refractivity contribution in [2.24, 2.45) is 0 Å². The van der Waals surface area contributed by atoms with Crippen LogP contribution in [0.25, 0.3) is 0 Å². The molecule has 6 nitrogen and oxygen atoms in total. The number of methoxy groups -OCH3 is 1.